The maximum atomic E-state index is 4.42. The molecule has 0 saturated heterocycles. The van der Waals surface area contributed by atoms with Crippen LogP contribution in [0.1, 0.15) is 0 Å². The van der Waals surface area contributed by atoms with Crippen LogP contribution < -0.4 is 0 Å². The summed E-state index contributed by atoms with van der Waals surface area (Å²) in [4.78, 5) is 4.42. The SMILES string of the molecule is Brc1cnc2ccccc2c1-c1ccccc1. The average molecular weight is 284 g/mol. The van der Waals surface area contributed by atoms with Crippen LogP contribution in [0.25, 0.3) is 22.0 Å². The van der Waals surface area contributed by atoms with Crippen LogP contribution in [0.2, 0.25) is 0 Å². The molecule has 2 aromatic carbocycles. The van der Waals surface area contributed by atoms with Crippen LogP contribution in [-0.4, -0.2) is 4.98 Å². The molecule has 0 aliphatic heterocycles. The third-order valence-corrected chi connectivity index (χ3v) is 3.39. The van der Waals surface area contributed by atoms with Crippen molar-refractivity contribution in [3.05, 3.63) is 65.3 Å². The maximum absolute atomic E-state index is 4.42. The van der Waals surface area contributed by atoms with Gasteiger partial charge in [-0.05, 0) is 27.6 Å². The number of rotatable bonds is 1. The molecule has 3 rings (SSSR count). The molecule has 1 aromatic heterocycles. The van der Waals surface area contributed by atoms with Gasteiger partial charge in [-0.2, -0.15) is 0 Å². The summed E-state index contributed by atoms with van der Waals surface area (Å²) in [6, 6.07) is 18.6. The highest BCUT2D eigenvalue weighted by Crippen LogP contribution is 2.33. The van der Waals surface area contributed by atoms with Gasteiger partial charge in [0, 0.05) is 21.6 Å². The zero-order valence-electron chi connectivity index (χ0n) is 9.10. The minimum atomic E-state index is 1.02. The Morgan fingerprint density at radius 1 is 0.824 bits per heavy atom. The topological polar surface area (TPSA) is 12.9 Å². The molecule has 0 bridgehead atoms. The van der Waals surface area contributed by atoms with Crippen LogP contribution in [0.3, 0.4) is 0 Å². The summed E-state index contributed by atoms with van der Waals surface area (Å²) in [5.41, 5.74) is 3.43. The number of nitrogens with zero attached hydrogens (tertiary/aromatic N) is 1. The molecule has 2 heteroatoms. The van der Waals surface area contributed by atoms with E-state index in [0.717, 1.165) is 9.99 Å². The van der Waals surface area contributed by atoms with E-state index in [1.807, 2.05) is 30.5 Å². The second-order valence-corrected chi connectivity index (χ2v) is 4.72. The fraction of sp³-hybridized carbons (Fsp3) is 0. The van der Waals surface area contributed by atoms with E-state index in [2.05, 4.69) is 51.2 Å². The number of halogens is 1. The first-order valence-corrected chi connectivity index (χ1v) is 6.24. The second kappa shape index (κ2) is 4.30. The Balaban J connectivity index is 2.39. The van der Waals surface area contributed by atoms with Gasteiger partial charge in [-0.3, -0.25) is 4.98 Å². The van der Waals surface area contributed by atoms with Gasteiger partial charge in [-0.25, -0.2) is 0 Å². The first-order chi connectivity index (χ1) is 8.36. The summed E-state index contributed by atoms with van der Waals surface area (Å²) in [5, 5.41) is 1.17. The molecule has 1 nitrogen and oxygen atoms in total. The highest BCUT2D eigenvalue weighted by Gasteiger charge is 2.08. The van der Waals surface area contributed by atoms with E-state index >= 15 is 0 Å². The van der Waals surface area contributed by atoms with Crippen molar-refractivity contribution in [1.29, 1.82) is 0 Å². The number of fused-ring (bicyclic) bond motifs is 1. The first kappa shape index (κ1) is 10.5. The van der Waals surface area contributed by atoms with Gasteiger partial charge >= 0.3 is 0 Å². The van der Waals surface area contributed by atoms with Gasteiger partial charge in [0.2, 0.25) is 0 Å². The number of benzene rings is 2. The average Bonchev–Trinajstić information content (AvgIpc) is 2.39. The smallest absolute Gasteiger partial charge is 0.0709 e. The van der Waals surface area contributed by atoms with Crippen LogP contribution in [0.15, 0.2) is 65.3 Å². The zero-order chi connectivity index (χ0) is 11.7. The monoisotopic (exact) mass is 283 g/mol. The second-order valence-electron chi connectivity index (χ2n) is 3.86. The van der Waals surface area contributed by atoms with Crippen molar-refractivity contribution in [3.8, 4) is 11.1 Å². The van der Waals surface area contributed by atoms with Gasteiger partial charge < -0.3 is 0 Å². The summed E-state index contributed by atoms with van der Waals surface area (Å²) < 4.78 is 1.03. The number of pyridine rings is 1. The fourth-order valence-electron chi connectivity index (χ4n) is 2.02. The van der Waals surface area contributed by atoms with Gasteiger partial charge in [-0.1, -0.05) is 48.5 Å². The van der Waals surface area contributed by atoms with E-state index in [1.54, 1.807) is 0 Å². The van der Waals surface area contributed by atoms with Gasteiger partial charge in [-0.15, -0.1) is 0 Å². The summed E-state index contributed by atoms with van der Waals surface area (Å²) in [7, 11) is 0. The molecule has 0 fully saturated rings. The van der Waals surface area contributed by atoms with E-state index in [-0.39, 0.29) is 0 Å². The van der Waals surface area contributed by atoms with E-state index in [1.165, 1.54) is 16.5 Å². The van der Waals surface area contributed by atoms with Crippen molar-refractivity contribution in [1.82, 2.24) is 4.98 Å². The normalized spacial score (nSPS) is 10.6. The number of aromatic nitrogens is 1. The van der Waals surface area contributed by atoms with Crippen LogP contribution in [0.4, 0.5) is 0 Å². The summed E-state index contributed by atoms with van der Waals surface area (Å²) >= 11 is 3.59. The quantitative estimate of drug-likeness (QED) is 0.633. The lowest BCUT2D eigenvalue weighted by Crippen LogP contribution is -1.86. The summed E-state index contributed by atoms with van der Waals surface area (Å²) in [6.07, 6.45) is 1.87. The Bertz CT molecular complexity index is 662. The Morgan fingerprint density at radius 2 is 1.53 bits per heavy atom. The number of para-hydroxylation sites is 1. The third kappa shape index (κ3) is 1.85. The van der Waals surface area contributed by atoms with Gasteiger partial charge in [0.15, 0.2) is 0 Å². The Kier molecular flexibility index (Phi) is 2.65. The van der Waals surface area contributed by atoms with E-state index in [9.17, 15) is 0 Å². The molecule has 0 unspecified atom stereocenters. The molecule has 0 atom stereocenters. The van der Waals surface area contributed by atoms with Crippen molar-refractivity contribution in [3.63, 3.8) is 0 Å². The molecule has 0 saturated carbocycles. The summed E-state index contributed by atoms with van der Waals surface area (Å²) in [6.45, 7) is 0. The van der Waals surface area contributed by atoms with Crippen molar-refractivity contribution in [2.24, 2.45) is 0 Å². The first-order valence-electron chi connectivity index (χ1n) is 5.45. The Labute approximate surface area is 108 Å². The lowest BCUT2D eigenvalue weighted by Gasteiger charge is -2.08. The zero-order valence-corrected chi connectivity index (χ0v) is 10.7. The minimum Gasteiger partial charge on any atom is -0.255 e. The molecular weight excluding hydrogens is 274 g/mol. The predicted octanol–water partition coefficient (Wildman–Crippen LogP) is 4.66. The van der Waals surface area contributed by atoms with Gasteiger partial charge in [0.05, 0.1) is 5.52 Å². The van der Waals surface area contributed by atoms with Gasteiger partial charge in [0.1, 0.15) is 0 Å². The molecule has 0 N–H and O–H groups in total. The molecule has 3 aromatic rings. The predicted molar refractivity (Wildman–Crippen MR) is 74.9 cm³/mol. The summed E-state index contributed by atoms with van der Waals surface area (Å²) in [5.74, 6) is 0. The number of hydrogen-bond acceptors (Lipinski definition) is 1. The van der Waals surface area contributed by atoms with Crippen molar-refractivity contribution in [2.75, 3.05) is 0 Å². The largest absolute Gasteiger partial charge is 0.255 e. The highest BCUT2D eigenvalue weighted by atomic mass is 79.9. The maximum Gasteiger partial charge on any atom is 0.0709 e. The molecule has 0 amide bonds. The molecule has 0 aliphatic carbocycles. The molecule has 1 heterocycles. The molecular formula is C15H10BrN. The number of hydrogen-bond donors (Lipinski definition) is 0. The molecule has 17 heavy (non-hydrogen) atoms. The van der Waals surface area contributed by atoms with Crippen LogP contribution >= 0.6 is 15.9 Å². The van der Waals surface area contributed by atoms with Crippen LogP contribution in [0.5, 0.6) is 0 Å². The van der Waals surface area contributed by atoms with Crippen LogP contribution in [0, 0.1) is 0 Å². The highest BCUT2D eigenvalue weighted by molar-refractivity contribution is 9.10. The molecule has 0 aliphatic rings. The standard InChI is InChI=1S/C15H10BrN/c16-13-10-17-14-9-5-4-8-12(14)15(13)11-6-2-1-3-7-11/h1-10H. The van der Waals surface area contributed by atoms with E-state index in [0.29, 0.717) is 0 Å². The Morgan fingerprint density at radius 3 is 2.35 bits per heavy atom. The van der Waals surface area contributed by atoms with E-state index in [4.69, 9.17) is 0 Å². The lowest BCUT2D eigenvalue weighted by atomic mass is 10.0. The molecule has 0 spiro atoms. The Hall–Kier alpha value is -1.67. The minimum absolute atomic E-state index is 1.02. The van der Waals surface area contributed by atoms with Gasteiger partial charge in [0.25, 0.3) is 0 Å². The molecule has 82 valence electrons. The van der Waals surface area contributed by atoms with Crippen molar-refractivity contribution >= 4 is 26.8 Å². The third-order valence-electron chi connectivity index (χ3n) is 2.79. The fourth-order valence-corrected chi connectivity index (χ4v) is 2.56. The van der Waals surface area contributed by atoms with Crippen molar-refractivity contribution in [2.45, 2.75) is 0 Å². The molecule has 0 radical (unpaired) electrons. The van der Waals surface area contributed by atoms with Crippen molar-refractivity contribution < 1.29 is 0 Å². The lowest BCUT2D eigenvalue weighted by molar-refractivity contribution is 1.39. The van der Waals surface area contributed by atoms with Crippen LogP contribution in [-0.2, 0) is 0 Å². The van der Waals surface area contributed by atoms with E-state index < -0.39 is 0 Å².